The molecule has 0 bridgehead atoms. The second-order valence-corrected chi connectivity index (χ2v) is 5.13. The molecule has 0 aliphatic heterocycles. The van der Waals surface area contributed by atoms with Crippen molar-refractivity contribution in [2.45, 2.75) is 31.3 Å². The van der Waals surface area contributed by atoms with Crippen LogP contribution >= 0.6 is 0 Å². The van der Waals surface area contributed by atoms with Gasteiger partial charge in [0.1, 0.15) is 0 Å². The first-order chi connectivity index (χ1) is 9.70. The van der Waals surface area contributed by atoms with E-state index in [0.29, 0.717) is 5.82 Å². The number of carbonyl (C=O) groups is 1. The molecule has 0 spiro atoms. The Kier molecular flexibility index (Phi) is 3.18. The van der Waals surface area contributed by atoms with E-state index in [1.807, 2.05) is 30.3 Å². The lowest BCUT2D eigenvalue weighted by Gasteiger charge is -2.25. The Balaban J connectivity index is 1.94. The molecule has 20 heavy (non-hydrogen) atoms. The Morgan fingerprint density at radius 2 is 1.95 bits per heavy atom. The van der Waals surface area contributed by atoms with Gasteiger partial charge in [0.2, 0.25) is 0 Å². The van der Waals surface area contributed by atoms with E-state index in [1.54, 1.807) is 6.20 Å². The van der Waals surface area contributed by atoms with Crippen molar-refractivity contribution in [3.63, 3.8) is 0 Å². The second kappa shape index (κ2) is 5.00. The highest BCUT2D eigenvalue weighted by atomic mass is 16.6. The van der Waals surface area contributed by atoms with Gasteiger partial charge in [0, 0.05) is 0 Å². The second-order valence-electron chi connectivity index (χ2n) is 5.13. The molecule has 0 unspecified atom stereocenters. The van der Waals surface area contributed by atoms with E-state index in [2.05, 4.69) is 9.97 Å². The molecule has 0 radical (unpaired) electrons. The number of aromatic nitrogens is 2. The number of carbonyl (C=O) groups excluding carboxylic acids is 1. The number of ether oxygens (including phenoxy) is 1. The maximum absolute atomic E-state index is 11.2. The zero-order chi connectivity index (χ0) is 14.0. The van der Waals surface area contributed by atoms with Gasteiger partial charge in [-0.3, -0.25) is 0 Å². The van der Waals surface area contributed by atoms with Gasteiger partial charge in [0.25, 0.3) is 0 Å². The molecule has 5 heteroatoms. The lowest BCUT2D eigenvalue weighted by molar-refractivity contribution is 0.0120. The number of H-pyrrole nitrogens is 1. The van der Waals surface area contributed by atoms with Gasteiger partial charge in [-0.15, -0.1) is 0 Å². The number of primary amides is 1. The maximum atomic E-state index is 11.2. The van der Waals surface area contributed by atoms with E-state index in [9.17, 15) is 4.79 Å². The van der Waals surface area contributed by atoms with Crippen molar-refractivity contribution >= 4 is 6.09 Å². The maximum Gasteiger partial charge on any atom is 0.405 e. The first kappa shape index (κ1) is 12.7. The van der Waals surface area contributed by atoms with Crippen molar-refractivity contribution in [3.8, 4) is 11.3 Å². The summed E-state index contributed by atoms with van der Waals surface area (Å²) in [6.45, 7) is 0. The Bertz CT molecular complexity index is 601. The van der Waals surface area contributed by atoms with Gasteiger partial charge in [0.15, 0.2) is 11.4 Å². The zero-order valence-electron chi connectivity index (χ0n) is 11.1. The number of imidazole rings is 1. The summed E-state index contributed by atoms with van der Waals surface area (Å²) in [5, 5.41) is 0. The van der Waals surface area contributed by atoms with Crippen molar-refractivity contribution in [3.05, 3.63) is 42.4 Å². The molecule has 1 aliphatic carbocycles. The van der Waals surface area contributed by atoms with Gasteiger partial charge in [-0.05, 0) is 31.2 Å². The van der Waals surface area contributed by atoms with Crippen LogP contribution in [0.25, 0.3) is 11.3 Å². The molecule has 0 atom stereocenters. The molecule has 1 heterocycles. The number of nitrogens with two attached hydrogens (primary N) is 1. The monoisotopic (exact) mass is 271 g/mol. The number of nitrogens with one attached hydrogen (secondary N) is 1. The van der Waals surface area contributed by atoms with E-state index in [1.165, 1.54) is 0 Å². The smallest absolute Gasteiger partial charge is 0.405 e. The molecule has 1 aromatic carbocycles. The normalized spacial score (nSPS) is 17.0. The van der Waals surface area contributed by atoms with E-state index in [-0.39, 0.29) is 0 Å². The van der Waals surface area contributed by atoms with Crippen molar-refractivity contribution in [2.75, 3.05) is 0 Å². The van der Waals surface area contributed by atoms with Crippen LogP contribution in [-0.2, 0) is 10.3 Å². The quantitative estimate of drug-likeness (QED) is 0.900. The van der Waals surface area contributed by atoms with Crippen LogP contribution in [0.3, 0.4) is 0 Å². The van der Waals surface area contributed by atoms with Crippen LogP contribution in [0.5, 0.6) is 0 Å². The summed E-state index contributed by atoms with van der Waals surface area (Å²) in [5.41, 5.74) is 6.50. The fourth-order valence-corrected chi connectivity index (χ4v) is 2.84. The molecular weight excluding hydrogens is 254 g/mol. The highest BCUT2D eigenvalue weighted by Gasteiger charge is 2.41. The number of hydrogen-bond acceptors (Lipinski definition) is 3. The number of hydrogen-bond donors (Lipinski definition) is 2. The van der Waals surface area contributed by atoms with Crippen LogP contribution in [0.15, 0.2) is 36.5 Å². The number of aromatic amines is 1. The molecule has 1 saturated carbocycles. The van der Waals surface area contributed by atoms with Gasteiger partial charge in [-0.1, -0.05) is 30.3 Å². The van der Waals surface area contributed by atoms with Crippen molar-refractivity contribution in [2.24, 2.45) is 5.73 Å². The number of rotatable bonds is 3. The lowest BCUT2D eigenvalue weighted by Crippen LogP contribution is -2.33. The molecule has 0 saturated heterocycles. The Labute approximate surface area is 117 Å². The van der Waals surface area contributed by atoms with Crippen LogP contribution in [-0.4, -0.2) is 16.1 Å². The average molecular weight is 271 g/mol. The van der Waals surface area contributed by atoms with Gasteiger partial charge in [0.05, 0.1) is 11.9 Å². The molecule has 1 fully saturated rings. The molecule has 3 N–H and O–H groups in total. The van der Waals surface area contributed by atoms with E-state index in [4.69, 9.17) is 10.5 Å². The Morgan fingerprint density at radius 1 is 1.25 bits per heavy atom. The summed E-state index contributed by atoms with van der Waals surface area (Å²) in [5.74, 6) is 0.688. The van der Waals surface area contributed by atoms with Gasteiger partial charge in [-0.25, -0.2) is 9.78 Å². The van der Waals surface area contributed by atoms with Crippen molar-refractivity contribution < 1.29 is 9.53 Å². The molecule has 3 rings (SSSR count). The highest BCUT2D eigenvalue weighted by Crippen LogP contribution is 2.41. The molecule has 1 aromatic heterocycles. The molecule has 1 amide bonds. The van der Waals surface area contributed by atoms with Crippen LogP contribution in [0.1, 0.15) is 31.5 Å². The van der Waals surface area contributed by atoms with E-state index < -0.39 is 11.7 Å². The Hall–Kier alpha value is -2.30. The van der Waals surface area contributed by atoms with Crippen LogP contribution in [0.4, 0.5) is 4.79 Å². The fraction of sp³-hybridized carbons (Fsp3) is 0.333. The molecule has 2 aromatic rings. The molecule has 5 nitrogen and oxygen atoms in total. The van der Waals surface area contributed by atoms with E-state index >= 15 is 0 Å². The summed E-state index contributed by atoms with van der Waals surface area (Å²) in [4.78, 5) is 18.9. The van der Waals surface area contributed by atoms with Gasteiger partial charge in [-0.2, -0.15) is 0 Å². The third kappa shape index (κ3) is 2.27. The SMILES string of the molecule is NC(=O)OC1(c2ncc(-c3ccccc3)[nH]2)CCCC1. The third-order valence-corrected chi connectivity index (χ3v) is 3.80. The minimum absolute atomic E-state index is 0.682. The minimum atomic E-state index is -0.746. The Morgan fingerprint density at radius 3 is 2.60 bits per heavy atom. The lowest BCUT2D eigenvalue weighted by atomic mass is 10.0. The zero-order valence-corrected chi connectivity index (χ0v) is 11.1. The third-order valence-electron chi connectivity index (χ3n) is 3.80. The van der Waals surface area contributed by atoms with E-state index in [0.717, 1.165) is 36.9 Å². The summed E-state index contributed by atoms with van der Waals surface area (Å²) in [7, 11) is 0. The summed E-state index contributed by atoms with van der Waals surface area (Å²) in [6, 6.07) is 9.93. The standard InChI is InChI=1S/C15H17N3O2/c16-14(19)20-15(8-4-5-9-15)13-17-10-12(18-13)11-6-2-1-3-7-11/h1-3,6-7,10H,4-5,8-9H2,(H2,16,19)(H,17,18). The summed E-state index contributed by atoms with van der Waals surface area (Å²) in [6.07, 6.45) is 4.57. The first-order valence-electron chi connectivity index (χ1n) is 6.79. The van der Waals surface area contributed by atoms with Crippen LogP contribution < -0.4 is 5.73 Å². The predicted molar refractivity (Wildman–Crippen MR) is 74.8 cm³/mol. The van der Waals surface area contributed by atoms with Crippen LogP contribution in [0.2, 0.25) is 0 Å². The van der Waals surface area contributed by atoms with Crippen molar-refractivity contribution in [1.29, 1.82) is 0 Å². The highest BCUT2D eigenvalue weighted by molar-refractivity contribution is 5.65. The summed E-state index contributed by atoms with van der Waals surface area (Å²) < 4.78 is 5.38. The molecule has 104 valence electrons. The van der Waals surface area contributed by atoms with Crippen molar-refractivity contribution in [1.82, 2.24) is 9.97 Å². The number of benzene rings is 1. The topological polar surface area (TPSA) is 81.0 Å². The number of nitrogens with zero attached hydrogens (tertiary/aromatic N) is 1. The van der Waals surface area contributed by atoms with Gasteiger partial charge < -0.3 is 15.5 Å². The van der Waals surface area contributed by atoms with Crippen LogP contribution in [0, 0.1) is 0 Å². The molecular formula is C15H17N3O2. The molecule has 1 aliphatic rings. The largest absolute Gasteiger partial charge is 0.435 e. The first-order valence-corrected chi connectivity index (χ1v) is 6.79. The fourth-order valence-electron chi connectivity index (χ4n) is 2.84. The predicted octanol–water partition coefficient (Wildman–Crippen LogP) is 2.94. The minimum Gasteiger partial charge on any atom is -0.435 e. The summed E-state index contributed by atoms with van der Waals surface area (Å²) >= 11 is 0. The number of amides is 1. The average Bonchev–Trinajstić information content (AvgIpc) is 3.08. The van der Waals surface area contributed by atoms with Gasteiger partial charge >= 0.3 is 6.09 Å².